The minimum Gasteiger partial charge on any atom is -0.497 e. The van der Waals surface area contributed by atoms with Gasteiger partial charge in [-0.25, -0.2) is 4.98 Å². The van der Waals surface area contributed by atoms with Crippen molar-refractivity contribution in [1.29, 1.82) is 0 Å². The molecule has 1 heterocycles. The molecule has 2 rings (SSSR count). The van der Waals surface area contributed by atoms with Crippen molar-refractivity contribution in [3.8, 4) is 16.3 Å². The molecule has 1 amide bonds. The highest BCUT2D eigenvalue weighted by molar-refractivity contribution is 7.13. The predicted octanol–water partition coefficient (Wildman–Crippen LogP) is 3.67. The fourth-order valence-corrected chi connectivity index (χ4v) is 2.75. The summed E-state index contributed by atoms with van der Waals surface area (Å²) in [7, 11) is 1.65. The number of hydrogen-bond acceptors (Lipinski definition) is 4. The molecule has 118 valence electrons. The van der Waals surface area contributed by atoms with Crippen LogP contribution in [0.25, 0.3) is 10.6 Å². The minimum absolute atomic E-state index is 0.0124. The second kappa shape index (κ2) is 6.92. The minimum atomic E-state index is -0.175. The van der Waals surface area contributed by atoms with Gasteiger partial charge in [0.1, 0.15) is 10.8 Å². The van der Waals surface area contributed by atoms with Gasteiger partial charge in [0.25, 0.3) is 0 Å². The lowest BCUT2D eigenvalue weighted by molar-refractivity contribution is -0.122. The van der Waals surface area contributed by atoms with Gasteiger partial charge in [0.15, 0.2) is 0 Å². The number of rotatable bonds is 6. The molecule has 0 fully saturated rings. The standard InChI is InChI=1S/C17H22N2O2S/c1-5-17(2,3)19-15(20)10-13-11-22-16(18-13)12-6-8-14(21-4)9-7-12/h6-9,11H,5,10H2,1-4H3,(H,19,20). The first-order valence-electron chi connectivity index (χ1n) is 7.33. The van der Waals surface area contributed by atoms with E-state index < -0.39 is 0 Å². The van der Waals surface area contributed by atoms with Crippen molar-refractivity contribution in [1.82, 2.24) is 10.3 Å². The summed E-state index contributed by atoms with van der Waals surface area (Å²) >= 11 is 1.55. The topological polar surface area (TPSA) is 51.2 Å². The third-order valence-electron chi connectivity index (χ3n) is 3.59. The van der Waals surface area contributed by atoms with Crippen LogP contribution >= 0.6 is 11.3 Å². The van der Waals surface area contributed by atoms with Gasteiger partial charge in [-0.3, -0.25) is 4.79 Å². The molecular formula is C17H22N2O2S. The maximum absolute atomic E-state index is 12.1. The molecular weight excluding hydrogens is 296 g/mol. The first-order chi connectivity index (χ1) is 10.4. The van der Waals surface area contributed by atoms with Crippen molar-refractivity contribution < 1.29 is 9.53 Å². The van der Waals surface area contributed by atoms with Crippen molar-refractivity contribution >= 4 is 17.2 Å². The Bertz CT molecular complexity index is 632. The highest BCUT2D eigenvalue weighted by atomic mass is 32.1. The van der Waals surface area contributed by atoms with E-state index in [1.165, 1.54) is 0 Å². The van der Waals surface area contributed by atoms with Crippen molar-refractivity contribution in [2.75, 3.05) is 7.11 Å². The highest BCUT2D eigenvalue weighted by Crippen LogP contribution is 2.25. The van der Waals surface area contributed by atoms with Crippen LogP contribution in [0.3, 0.4) is 0 Å². The van der Waals surface area contributed by atoms with Gasteiger partial charge in [0.05, 0.1) is 19.2 Å². The average Bonchev–Trinajstić information content (AvgIpc) is 2.95. The number of hydrogen-bond donors (Lipinski definition) is 1. The normalized spacial score (nSPS) is 11.3. The zero-order chi connectivity index (χ0) is 16.2. The van der Waals surface area contributed by atoms with E-state index in [4.69, 9.17) is 4.74 Å². The third kappa shape index (κ3) is 4.31. The van der Waals surface area contributed by atoms with Crippen LogP contribution in [-0.4, -0.2) is 23.5 Å². The van der Waals surface area contributed by atoms with Crippen LogP contribution in [0.15, 0.2) is 29.6 Å². The Morgan fingerprint density at radius 1 is 1.32 bits per heavy atom. The number of carbonyl (C=O) groups is 1. The van der Waals surface area contributed by atoms with E-state index in [1.54, 1.807) is 18.4 Å². The number of aromatic nitrogens is 1. The molecule has 0 radical (unpaired) electrons. The molecule has 1 N–H and O–H groups in total. The number of nitrogens with zero attached hydrogens (tertiary/aromatic N) is 1. The molecule has 0 aliphatic rings. The molecule has 1 aromatic carbocycles. The molecule has 0 saturated carbocycles. The van der Waals surface area contributed by atoms with Crippen molar-refractivity contribution in [2.24, 2.45) is 0 Å². The fraction of sp³-hybridized carbons (Fsp3) is 0.412. The number of amides is 1. The van der Waals surface area contributed by atoms with Gasteiger partial charge >= 0.3 is 0 Å². The Hall–Kier alpha value is -1.88. The van der Waals surface area contributed by atoms with Crippen molar-refractivity contribution in [3.63, 3.8) is 0 Å². The second-order valence-electron chi connectivity index (χ2n) is 5.83. The SMILES string of the molecule is CCC(C)(C)NC(=O)Cc1csc(-c2ccc(OC)cc2)n1. The summed E-state index contributed by atoms with van der Waals surface area (Å²) in [6, 6.07) is 7.77. The van der Waals surface area contributed by atoms with Gasteiger partial charge in [-0.2, -0.15) is 0 Å². The lowest BCUT2D eigenvalue weighted by atomic mass is 10.0. The molecule has 0 aliphatic carbocycles. The summed E-state index contributed by atoms with van der Waals surface area (Å²) in [5, 5.41) is 5.89. The highest BCUT2D eigenvalue weighted by Gasteiger charge is 2.18. The van der Waals surface area contributed by atoms with Crippen molar-refractivity contribution in [2.45, 2.75) is 39.2 Å². The van der Waals surface area contributed by atoms with Crippen LogP contribution in [0.4, 0.5) is 0 Å². The quantitative estimate of drug-likeness (QED) is 0.884. The molecule has 5 heteroatoms. The predicted molar refractivity (Wildman–Crippen MR) is 90.3 cm³/mol. The Labute approximate surface area is 135 Å². The fourth-order valence-electron chi connectivity index (χ4n) is 1.93. The zero-order valence-electron chi connectivity index (χ0n) is 13.5. The molecule has 1 aromatic heterocycles. The molecule has 0 saturated heterocycles. The second-order valence-corrected chi connectivity index (χ2v) is 6.69. The Morgan fingerprint density at radius 3 is 2.59 bits per heavy atom. The Kier molecular flexibility index (Phi) is 5.19. The number of thiazole rings is 1. The summed E-state index contributed by atoms with van der Waals surface area (Å²) in [4.78, 5) is 16.6. The zero-order valence-corrected chi connectivity index (χ0v) is 14.3. The summed E-state index contributed by atoms with van der Waals surface area (Å²) in [6.07, 6.45) is 1.21. The molecule has 22 heavy (non-hydrogen) atoms. The number of ether oxygens (including phenoxy) is 1. The van der Waals surface area contributed by atoms with Crippen LogP contribution in [-0.2, 0) is 11.2 Å². The van der Waals surface area contributed by atoms with Gasteiger partial charge in [0, 0.05) is 16.5 Å². The Morgan fingerprint density at radius 2 is 2.00 bits per heavy atom. The van der Waals surface area contributed by atoms with E-state index in [9.17, 15) is 4.79 Å². The summed E-state index contributed by atoms with van der Waals surface area (Å²) in [6.45, 7) is 6.11. The van der Waals surface area contributed by atoms with Gasteiger partial charge in [0.2, 0.25) is 5.91 Å². The lowest BCUT2D eigenvalue weighted by Crippen LogP contribution is -2.43. The van der Waals surface area contributed by atoms with E-state index >= 15 is 0 Å². The van der Waals surface area contributed by atoms with Crippen LogP contribution in [0.5, 0.6) is 5.75 Å². The molecule has 0 aliphatic heterocycles. The molecule has 2 aromatic rings. The molecule has 0 unspecified atom stereocenters. The summed E-state index contributed by atoms with van der Waals surface area (Å²) in [5.41, 5.74) is 1.66. The monoisotopic (exact) mass is 318 g/mol. The number of nitrogens with one attached hydrogen (secondary N) is 1. The number of carbonyl (C=O) groups excluding carboxylic acids is 1. The van der Waals surface area contributed by atoms with Crippen LogP contribution in [0, 0.1) is 0 Å². The third-order valence-corrected chi connectivity index (χ3v) is 4.53. The first-order valence-corrected chi connectivity index (χ1v) is 8.21. The number of methoxy groups -OCH3 is 1. The maximum Gasteiger partial charge on any atom is 0.226 e. The van der Waals surface area contributed by atoms with Gasteiger partial charge in [-0.15, -0.1) is 11.3 Å². The Balaban J connectivity index is 2.03. The van der Waals surface area contributed by atoms with Crippen molar-refractivity contribution in [3.05, 3.63) is 35.3 Å². The first kappa shape index (κ1) is 16.5. The van der Waals surface area contributed by atoms with E-state index in [1.807, 2.05) is 43.5 Å². The maximum atomic E-state index is 12.1. The van der Waals surface area contributed by atoms with E-state index in [2.05, 4.69) is 17.2 Å². The van der Waals surface area contributed by atoms with Gasteiger partial charge in [-0.1, -0.05) is 6.92 Å². The van der Waals surface area contributed by atoms with E-state index in [-0.39, 0.29) is 11.4 Å². The smallest absolute Gasteiger partial charge is 0.226 e. The summed E-state index contributed by atoms with van der Waals surface area (Å²) < 4.78 is 5.15. The summed E-state index contributed by atoms with van der Waals surface area (Å²) in [5.74, 6) is 0.833. The average molecular weight is 318 g/mol. The van der Waals surface area contributed by atoms with E-state index in [0.29, 0.717) is 6.42 Å². The van der Waals surface area contributed by atoms with Gasteiger partial charge < -0.3 is 10.1 Å². The molecule has 0 atom stereocenters. The van der Waals surface area contributed by atoms with Crippen LogP contribution in [0.1, 0.15) is 32.9 Å². The van der Waals surface area contributed by atoms with Crippen LogP contribution in [0.2, 0.25) is 0 Å². The lowest BCUT2D eigenvalue weighted by Gasteiger charge is -2.24. The molecule has 0 bridgehead atoms. The van der Waals surface area contributed by atoms with Gasteiger partial charge in [-0.05, 0) is 44.5 Å². The largest absolute Gasteiger partial charge is 0.497 e. The van der Waals surface area contributed by atoms with E-state index in [0.717, 1.165) is 28.4 Å². The molecule has 0 spiro atoms. The number of benzene rings is 1. The molecule has 4 nitrogen and oxygen atoms in total. The van der Waals surface area contributed by atoms with Crippen LogP contribution < -0.4 is 10.1 Å².